The Morgan fingerprint density at radius 3 is 2.38 bits per heavy atom. The summed E-state index contributed by atoms with van der Waals surface area (Å²) in [7, 11) is -4.15. The number of sulfonamides is 1. The maximum Gasteiger partial charge on any atom is 0.264 e. The minimum absolute atomic E-state index is 0.0312. The molecule has 0 aliphatic rings. The summed E-state index contributed by atoms with van der Waals surface area (Å²) in [5, 5.41) is -0.242. The summed E-state index contributed by atoms with van der Waals surface area (Å²) in [5.41, 5.74) is 5.85. The highest BCUT2D eigenvalue weighted by atomic mass is 35.5. The van der Waals surface area contributed by atoms with Crippen LogP contribution in [0.5, 0.6) is 0 Å². The zero-order chi connectivity index (χ0) is 15.6. The lowest BCUT2D eigenvalue weighted by Crippen LogP contribution is -2.15. The first-order valence-electron chi connectivity index (χ1n) is 5.80. The number of nitrogens with one attached hydrogen (secondary N) is 1. The van der Waals surface area contributed by atoms with Gasteiger partial charge in [0.15, 0.2) is 0 Å². The SMILES string of the molecule is NCc1ccc(S(=O)(=O)Nc2ccc(F)c(Cl)c2)c(F)c1. The summed E-state index contributed by atoms with van der Waals surface area (Å²) in [6.07, 6.45) is 0. The fourth-order valence-corrected chi connectivity index (χ4v) is 2.95. The van der Waals surface area contributed by atoms with Gasteiger partial charge in [0.2, 0.25) is 0 Å². The van der Waals surface area contributed by atoms with Crippen molar-refractivity contribution >= 4 is 27.3 Å². The summed E-state index contributed by atoms with van der Waals surface area (Å²) < 4.78 is 53.2. The highest BCUT2D eigenvalue weighted by Crippen LogP contribution is 2.23. The van der Waals surface area contributed by atoms with Crippen molar-refractivity contribution in [3.8, 4) is 0 Å². The number of halogens is 3. The molecule has 0 spiro atoms. The van der Waals surface area contributed by atoms with Gasteiger partial charge < -0.3 is 5.73 Å². The molecule has 0 atom stereocenters. The lowest BCUT2D eigenvalue weighted by atomic mass is 10.2. The first kappa shape index (κ1) is 15.7. The van der Waals surface area contributed by atoms with Gasteiger partial charge in [0.1, 0.15) is 16.5 Å². The Morgan fingerprint density at radius 2 is 1.81 bits per heavy atom. The van der Waals surface area contributed by atoms with Crippen molar-refractivity contribution < 1.29 is 17.2 Å². The van der Waals surface area contributed by atoms with Crippen LogP contribution in [-0.4, -0.2) is 8.42 Å². The van der Waals surface area contributed by atoms with Crippen LogP contribution in [0.3, 0.4) is 0 Å². The molecule has 0 aliphatic carbocycles. The molecule has 0 fully saturated rings. The molecule has 0 bridgehead atoms. The van der Waals surface area contributed by atoms with Gasteiger partial charge in [-0.25, -0.2) is 17.2 Å². The lowest BCUT2D eigenvalue weighted by Gasteiger charge is -2.10. The van der Waals surface area contributed by atoms with E-state index < -0.39 is 26.6 Å². The van der Waals surface area contributed by atoms with E-state index in [1.54, 1.807) is 0 Å². The molecule has 112 valence electrons. The second-order valence-corrected chi connectivity index (χ2v) is 6.26. The van der Waals surface area contributed by atoms with Crippen LogP contribution in [0.15, 0.2) is 41.3 Å². The Hall–Kier alpha value is -1.70. The highest BCUT2D eigenvalue weighted by molar-refractivity contribution is 7.92. The molecule has 0 saturated carbocycles. The van der Waals surface area contributed by atoms with Gasteiger partial charge in [-0.1, -0.05) is 17.7 Å². The molecule has 8 heteroatoms. The number of hydrogen-bond acceptors (Lipinski definition) is 3. The zero-order valence-electron chi connectivity index (χ0n) is 10.6. The largest absolute Gasteiger partial charge is 0.326 e. The molecule has 0 unspecified atom stereocenters. The van der Waals surface area contributed by atoms with Crippen molar-refractivity contribution in [2.45, 2.75) is 11.4 Å². The predicted octanol–water partition coefficient (Wildman–Crippen LogP) is 2.88. The van der Waals surface area contributed by atoms with Crippen LogP contribution in [0.2, 0.25) is 5.02 Å². The van der Waals surface area contributed by atoms with Crippen LogP contribution >= 0.6 is 11.6 Å². The van der Waals surface area contributed by atoms with Crippen LogP contribution in [0.1, 0.15) is 5.56 Å². The monoisotopic (exact) mass is 332 g/mol. The molecule has 2 aromatic rings. The van der Waals surface area contributed by atoms with Gasteiger partial charge in [-0.2, -0.15) is 0 Å². The van der Waals surface area contributed by atoms with Crippen molar-refractivity contribution in [3.05, 3.63) is 58.6 Å². The molecular formula is C13H11ClF2N2O2S. The maximum absolute atomic E-state index is 13.8. The third kappa shape index (κ3) is 3.49. The molecular weight excluding hydrogens is 322 g/mol. The number of benzene rings is 2. The van der Waals surface area contributed by atoms with Gasteiger partial charge in [-0.15, -0.1) is 0 Å². The van der Waals surface area contributed by atoms with Crippen LogP contribution in [0, 0.1) is 11.6 Å². The van der Waals surface area contributed by atoms with E-state index in [1.165, 1.54) is 12.1 Å². The van der Waals surface area contributed by atoms with Crippen molar-refractivity contribution in [2.75, 3.05) is 4.72 Å². The summed E-state index contributed by atoms with van der Waals surface area (Å²) in [6, 6.07) is 6.87. The minimum Gasteiger partial charge on any atom is -0.326 e. The number of anilines is 1. The Labute approximate surface area is 125 Å². The Balaban J connectivity index is 2.36. The summed E-state index contributed by atoms with van der Waals surface area (Å²) in [5.74, 6) is -1.60. The van der Waals surface area contributed by atoms with Crippen molar-refractivity contribution in [1.29, 1.82) is 0 Å². The molecule has 4 nitrogen and oxygen atoms in total. The van der Waals surface area contributed by atoms with E-state index in [1.807, 2.05) is 0 Å². The second-order valence-electron chi connectivity index (χ2n) is 4.20. The number of nitrogens with two attached hydrogens (primary N) is 1. The quantitative estimate of drug-likeness (QED) is 0.904. The third-order valence-corrected chi connectivity index (χ3v) is 4.40. The third-order valence-electron chi connectivity index (χ3n) is 2.69. The molecule has 2 rings (SSSR count). The molecule has 0 heterocycles. The summed E-state index contributed by atoms with van der Waals surface area (Å²) in [4.78, 5) is -0.528. The predicted molar refractivity (Wildman–Crippen MR) is 76.5 cm³/mol. The minimum atomic E-state index is -4.15. The molecule has 21 heavy (non-hydrogen) atoms. The normalized spacial score (nSPS) is 11.4. The Kier molecular flexibility index (Phi) is 4.46. The van der Waals surface area contributed by atoms with Gasteiger partial charge in [0.25, 0.3) is 10.0 Å². The molecule has 2 aromatic carbocycles. The summed E-state index contributed by atoms with van der Waals surface area (Å²) >= 11 is 5.56. The summed E-state index contributed by atoms with van der Waals surface area (Å²) in [6.45, 7) is 0.0955. The van der Waals surface area contributed by atoms with Crippen LogP contribution < -0.4 is 10.5 Å². The second kappa shape index (κ2) is 5.97. The molecule has 0 radical (unpaired) electrons. The first-order valence-corrected chi connectivity index (χ1v) is 7.66. The van der Waals surface area contributed by atoms with Gasteiger partial charge in [0.05, 0.1) is 10.7 Å². The van der Waals surface area contributed by atoms with E-state index in [9.17, 15) is 17.2 Å². The van der Waals surface area contributed by atoms with Crippen molar-refractivity contribution in [3.63, 3.8) is 0 Å². The fraction of sp³-hybridized carbons (Fsp3) is 0.0769. The molecule has 0 saturated heterocycles. The topological polar surface area (TPSA) is 72.2 Å². The zero-order valence-corrected chi connectivity index (χ0v) is 12.2. The van der Waals surface area contributed by atoms with Gasteiger partial charge in [-0.3, -0.25) is 4.72 Å². The van der Waals surface area contributed by atoms with Crippen molar-refractivity contribution in [1.82, 2.24) is 0 Å². The van der Waals surface area contributed by atoms with Gasteiger partial charge >= 0.3 is 0 Å². The van der Waals surface area contributed by atoms with E-state index in [0.29, 0.717) is 5.56 Å². The molecule has 3 N–H and O–H groups in total. The molecule has 0 aliphatic heterocycles. The van der Waals surface area contributed by atoms with E-state index >= 15 is 0 Å². The van der Waals surface area contributed by atoms with Crippen LogP contribution in [0.25, 0.3) is 0 Å². The van der Waals surface area contributed by atoms with Crippen molar-refractivity contribution in [2.24, 2.45) is 5.73 Å². The average molecular weight is 333 g/mol. The first-order chi connectivity index (χ1) is 9.83. The number of rotatable bonds is 4. The van der Waals surface area contributed by atoms with E-state index in [-0.39, 0.29) is 17.3 Å². The van der Waals surface area contributed by atoms with Gasteiger partial charge in [0, 0.05) is 6.54 Å². The van der Waals surface area contributed by atoms with Crippen LogP contribution in [0.4, 0.5) is 14.5 Å². The maximum atomic E-state index is 13.8. The average Bonchev–Trinajstić information content (AvgIpc) is 2.42. The van der Waals surface area contributed by atoms with E-state index in [2.05, 4.69) is 4.72 Å². The Morgan fingerprint density at radius 1 is 1.10 bits per heavy atom. The Bertz CT molecular complexity index is 782. The van der Waals surface area contributed by atoms with E-state index in [0.717, 1.165) is 24.3 Å². The van der Waals surface area contributed by atoms with E-state index in [4.69, 9.17) is 17.3 Å². The highest BCUT2D eigenvalue weighted by Gasteiger charge is 2.19. The van der Waals surface area contributed by atoms with Gasteiger partial charge in [-0.05, 0) is 35.9 Å². The van der Waals surface area contributed by atoms with Crippen LogP contribution in [-0.2, 0) is 16.6 Å². The molecule has 0 aromatic heterocycles. The number of hydrogen-bond donors (Lipinski definition) is 2. The smallest absolute Gasteiger partial charge is 0.264 e. The molecule has 0 amide bonds. The lowest BCUT2D eigenvalue weighted by molar-refractivity contribution is 0.569. The standard InChI is InChI=1S/C13H11ClF2N2O2S/c14-10-6-9(2-3-11(10)15)18-21(19,20)13-4-1-8(7-17)5-12(13)16/h1-6,18H,7,17H2. The fourth-order valence-electron chi connectivity index (χ4n) is 1.66.